The predicted molar refractivity (Wildman–Crippen MR) is 117 cm³/mol. The molecule has 0 spiro atoms. The minimum Gasteiger partial charge on any atom is -0.384 e. The monoisotopic (exact) mass is 445 g/mol. The van der Waals surface area contributed by atoms with E-state index in [4.69, 9.17) is 14.8 Å². The highest BCUT2D eigenvalue weighted by Gasteiger charge is 2.42. The number of carbonyl (C=O) groups excluding carboxylic acids is 1. The molecule has 164 valence electrons. The first kappa shape index (κ1) is 22.2. The number of hydrogen-bond donors (Lipinski definition) is 4. The largest absolute Gasteiger partial charge is 0.384 e. The minimum atomic E-state index is -3.67. The van der Waals surface area contributed by atoms with E-state index in [0.717, 1.165) is 29.7 Å². The highest BCUT2D eigenvalue weighted by atomic mass is 32.2. The number of nitrogen functional groups attached to an aromatic ring is 1. The summed E-state index contributed by atoms with van der Waals surface area (Å²) in [5.74, 6) is 1.71. The number of carbonyl (C=O) groups is 1. The number of rotatable bonds is 4. The third-order valence-electron chi connectivity index (χ3n) is 4.61. The summed E-state index contributed by atoms with van der Waals surface area (Å²) >= 11 is 0. The molecule has 1 saturated carbocycles. The molecule has 0 saturated heterocycles. The Labute approximate surface area is 179 Å². The molecule has 5 N–H and O–H groups in total. The molecule has 2 amide bonds. The summed E-state index contributed by atoms with van der Waals surface area (Å²) < 4.78 is 31.2. The van der Waals surface area contributed by atoms with Gasteiger partial charge in [0.2, 0.25) is 0 Å². The predicted octanol–water partition coefficient (Wildman–Crippen LogP) is 3.52. The fourth-order valence-corrected chi connectivity index (χ4v) is 2.65. The number of nitrogens with one attached hydrogen (secondary N) is 2. The SMILES string of the molecule is CC1(c2cc(NC(=O)Nc3ccc(-c4ccc(N)nc4)cc3)no2)CC1.CS(=O)(=O)O. The molecular formula is C20H23N5O5S. The van der Waals surface area contributed by atoms with Gasteiger partial charge >= 0.3 is 6.03 Å². The van der Waals surface area contributed by atoms with Crippen molar-refractivity contribution >= 4 is 33.5 Å². The zero-order chi connectivity index (χ0) is 22.6. The fourth-order valence-electron chi connectivity index (χ4n) is 2.65. The van der Waals surface area contributed by atoms with Crippen molar-refractivity contribution < 1.29 is 22.3 Å². The number of urea groups is 1. The fraction of sp³-hybridized carbons (Fsp3) is 0.250. The summed E-state index contributed by atoms with van der Waals surface area (Å²) in [5.41, 5.74) is 8.30. The molecule has 1 fully saturated rings. The molecule has 11 heteroatoms. The van der Waals surface area contributed by atoms with Gasteiger partial charge in [-0.25, -0.2) is 9.78 Å². The van der Waals surface area contributed by atoms with Gasteiger partial charge in [-0.1, -0.05) is 24.2 Å². The number of amides is 2. The molecule has 2 heterocycles. The highest BCUT2D eigenvalue weighted by molar-refractivity contribution is 7.85. The number of pyridine rings is 1. The molecule has 0 aliphatic heterocycles. The van der Waals surface area contributed by atoms with Crippen LogP contribution in [0.4, 0.5) is 22.1 Å². The summed E-state index contributed by atoms with van der Waals surface area (Å²) in [6.07, 6.45) is 4.60. The zero-order valence-electron chi connectivity index (χ0n) is 17.0. The van der Waals surface area contributed by atoms with Crippen LogP contribution in [-0.4, -0.2) is 35.4 Å². The Hall–Kier alpha value is -3.44. The molecule has 2 aromatic heterocycles. The van der Waals surface area contributed by atoms with E-state index in [9.17, 15) is 13.2 Å². The van der Waals surface area contributed by atoms with Crippen molar-refractivity contribution in [2.45, 2.75) is 25.2 Å². The molecule has 1 aliphatic carbocycles. The van der Waals surface area contributed by atoms with Crippen LogP contribution in [0.2, 0.25) is 0 Å². The normalized spacial score (nSPS) is 14.2. The second-order valence-corrected chi connectivity index (χ2v) is 8.96. The zero-order valence-corrected chi connectivity index (χ0v) is 17.8. The van der Waals surface area contributed by atoms with Crippen LogP contribution in [0.1, 0.15) is 25.5 Å². The molecule has 31 heavy (non-hydrogen) atoms. The van der Waals surface area contributed by atoms with Gasteiger partial charge in [-0.3, -0.25) is 9.87 Å². The quantitative estimate of drug-likeness (QED) is 0.444. The Balaban J connectivity index is 0.000000491. The smallest absolute Gasteiger partial charge is 0.324 e. The Kier molecular flexibility index (Phi) is 6.27. The Morgan fingerprint density at radius 1 is 1.13 bits per heavy atom. The van der Waals surface area contributed by atoms with Gasteiger partial charge in [0, 0.05) is 28.9 Å². The van der Waals surface area contributed by atoms with Crippen LogP contribution in [0.3, 0.4) is 0 Å². The van der Waals surface area contributed by atoms with Gasteiger partial charge in [-0.2, -0.15) is 8.42 Å². The van der Waals surface area contributed by atoms with E-state index >= 15 is 0 Å². The van der Waals surface area contributed by atoms with Crippen LogP contribution in [-0.2, 0) is 15.5 Å². The van der Waals surface area contributed by atoms with Crippen LogP contribution < -0.4 is 16.4 Å². The van der Waals surface area contributed by atoms with Crippen molar-refractivity contribution in [1.29, 1.82) is 0 Å². The van der Waals surface area contributed by atoms with Crippen molar-refractivity contribution in [3.8, 4) is 11.1 Å². The van der Waals surface area contributed by atoms with E-state index in [2.05, 4.69) is 27.7 Å². The lowest BCUT2D eigenvalue weighted by Gasteiger charge is -2.07. The maximum Gasteiger partial charge on any atom is 0.324 e. The number of nitrogens with two attached hydrogens (primary N) is 1. The van der Waals surface area contributed by atoms with E-state index in [1.807, 2.05) is 30.3 Å². The van der Waals surface area contributed by atoms with Crippen molar-refractivity contribution in [3.05, 3.63) is 54.4 Å². The number of hydrogen-bond acceptors (Lipinski definition) is 7. The van der Waals surface area contributed by atoms with Gasteiger partial charge in [0.05, 0.1) is 6.26 Å². The molecule has 0 unspecified atom stereocenters. The van der Waals surface area contributed by atoms with Gasteiger partial charge in [-0.15, -0.1) is 0 Å². The van der Waals surface area contributed by atoms with E-state index in [0.29, 0.717) is 23.6 Å². The first-order valence-corrected chi connectivity index (χ1v) is 11.2. The third-order valence-corrected chi connectivity index (χ3v) is 4.61. The van der Waals surface area contributed by atoms with Crippen molar-refractivity contribution in [2.75, 3.05) is 22.6 Å². The highest BCUT2D eigenvalue weighted by Crippen LogP contribution is 2.48. The molecule has 0 radical (unpaired) electrons. The van der Waals surface area contributed by atoms with Gasteiger partial charge < -0.3 is 15.6 Å². The summed E-state index contributed by atoms with van der Waals surface area (Å²) in [6, 6.07) is 12.5. The van der Waals surface area contributed by atoms with Crippen LogP contribution in [0.25, 0.3) is 11.1 Å². The Morgan fingerprint density at radius 3 is 2.29 bits per heavy atom. The topological polar surface area (TPSA) is 160 Å². The van der Waals surface area contributed by atoms with Crippen molar-refractivity contribution in [2.24, 2.45) is 0 Å². The third kappa shape index (κ3) is 6.79. The van der Waals surface area contributed by atoms with E-state index in [1.165, 1.54) is 0 Å². The lowest BCUT2D eigenvalue weighted by Crippen LogP contribution is -2.19. The van der Waals surface area contributed by atoms with Gasteiger partial charge in [0.25, 0.3) is 10.1 Å². The van der Waals surface area contributed by atoms with E-state index in [-0.39, 0.29) is 11.4 Å². The lowest BCUT2D eigenvalue weighted by molar-refractivity contribution is 0.262. The van der Waals surface area contributed by atoms with Crippen LogP contribution in [0.5, 0.6) is 0 Å². The first-order chi connectivity index (χ1) is 14.5. The summed E-state index contributed by atoms with van der Waals surface area (Å²) in [7, 11) is -3.67. The maximum atomic E-state index is 12.1. The van der Waals surface area contributed by atoms with Gasteiger partial charge in [-0.05, 0) is 42.7 Å². The van der Waals surface area contributed by atoms with Crippen LogP contribution >= 0.6 is 0 Å². The molecule has 0 atom stereocenters. The standard InChI is InChI=1S/C19H19N5O2.CH4O3S/c1-19(8-9-19)15-10-17(24-26-15)23-18(25)22-14-5-2-12(3-6-14)13-4-7-16(20)21-11-13;1-5(2,3)4/h2-7,10-11H,8-9H2,1H3,(H2,20,21)(H2,22,23,24,25);1H3,(H,2,3,4). The maximum absolute atomic E-state index is 12.1. The Morgan fingerprint density at radius 2 is 1.74 bits per heavy atom. The van der Waals surface area contributed by atoms with Crippen LogP contribution in [0, 0.1) is 0 Å². The number of aromatic nitrogens is 2. The molecule has 10 nitrogen and oxygen atoms in total. The number of nitrogens with zero attached hydrogens (tertiary/aromatic N) is 2. The average molecular weight is 446 g/mol. The van der Waals surface area contributed by atoms with Gasteiger partial charge in [0.15, 0.2) is 5.82 Å². The molecule has 0 bridgehead atoms. The second-order valence-electron chi connectivity index (χ2n) is 7.50. The molecule has 1 aliphatic rings. The second kappa shape index (κ2) is 8.74. The van der Waals surface area contributed by atoms with E-state index < -0.39 is 10.1 Å². The van der Waals surface area contributed by atoms with Crippen LogP contribution in [0.15, 0.2) is 53.2 Å². The van der Waals surface area contributed by atoms with Gasteiger partial charge in [0.1, 0.15) is 11.6 Å². The van der Waals surface area contributed by atoms with Crippen molar-refractivity contribution in [1.82, 2.24) is 10.1 Å². The molecule has 3 aromatic rings. The number of benzene rings is 1. The average Bonchev–Trinajstić information content (AvgIpc) is 3.25. The summed E-state index contributed by atoms with van der Waals surface area (Å²) in [4.78, 5) is 16.2. The lowest BCUT2D eigenvalue weighted by atomic mass is 10.1. The minimum absolute atomic E-state index is 0.0796. The molecular weight excluding hydrogens is 422 g/mol. The molecule has 4 rings (SSSR count). The summed E-state index contributed by atoms with van der Waals surface area (Å²) in [5, 5.41) is 9.36. The van der Waals surface area contributed by atoms with E-state index in [1.54, 1.807) is 18.3 Å². The molecule has 1 aromatic carbocycles. The van der Waals surface area contributed by atoms with Crippen molar-refractivity contribution in [3.63, 3.8) is 0 Å². The first-order valence-electron chi connectivity index (χ1n) is 9.31. The Bertz CT molecular complexity index is 1150. The summed E-state index contributed by atoms with van der Waals surface area (Å²) in [6.45, 7) is 2.12. The number of anilines is 3.